The zero-order valence-corrected chi connectivity index (χ0v) is 13.3. The third-order valence-electron chi connectivity index (χ3n) is 3.64. The van der Waals surface area contributed by atoms with E-state index >= 15 is 0 Å². The first-order chi connectivity index (χ1) is 11.6. The molecule has 0 radical (unpaired) electrons. The number of anilines is 1. The number of carbonyl (C=O) groups excluding carboxylic acids is 1. The zero-order chi connectivity index (χ0) is 16.9. The number of hydrogen-bond donors (Lipinski definition) is 1. The van der Waals surface area contributed by atoms with Gasteiger partial charge in [-0.2, -0.15) is 0 Å². The molecule has 24 heavy (non-hydrogen) atoms. The molecular formula is C17H18FN3O3. The number of nitrogens with one attached hydrogen (secondary N) is 1. The number of halogens is 1. The lowest BCUT2D eigenvalue weighted by molar-refractivity contribution is 0.102. The molecule has 7 heteroatoms. The topological polar surface area (TPSA) is 73.3 Å². The third-order valence-corrected chi connectivity index (χ3v) is 3.64. The summed E-state index contributed by atoms with van der Waals surface area (Å²) in [6.07, 6.45) is 2.02. The largest absolute Gasteiger partial charge is 0.493 e. The standard InChI is InChI=1S/C17H18FN3O3/c1-11-6-14(24-10-12-4-5-23-9-12)7-15(20-11)17(22)21-16-3-2-13(18)8-19-16/h2-3,6-8,12H,4-5,9-10H2,1H3,(H,19,21,22)/t12-/m0/s1. The van der Waals surface area contributed by atoms with Crippen molar-refractivity contribution in [3.63, 3.8) is 0 Å². The molecule has 1 N–H and O–H groups in total. The first-order valence-corrected chi connectivity index (χ1v) is 7.72. The van der Waals surface area contributed by atoms with Crippen molar-refractivity contribution in [1.82, 2.24) is 9.97 Å². The van der Waals surface area contributed by atoms with Crippen molar-refractivity contribution in [2.24, 2.45) is 5.92 Å². The first kappa shape index (κ1) is 16.3. The molecule has 0 bridgehead atoms. The molecule has 126 valence electrons. The van der Waals surface area contributed by atoms with Gasteiger partial charge in [0.1, 0.15) is 23.1 Å². The summed E-state index contributed by atoms with van der Waals surface area (Å²) in [4.78, 5) is 20.3. The van der Waals surface area contributed by atoms with E-state index in [1.165, 1.54) is 12.1 Å². The van der Waals surface area contributed by atoms with Crippen LogP contribution in [-0.4, -0.2) is 35.7 Å². The van der Waals surface area contributed by atoms with Gasteiger partial charge in [0.15, 0.2) is 0 Å². The highest BCUT2D eigenvalue weighted by Gasteiger charge is 2.17. The van der Waals surface area contributed by atoms with Gasteiger partial charge in [-0.25, -0.2) is 14.4 Å². The van der Waals surface area contributed by atoms with E-state index in [1.54, 1.807) is 19.1 Å². The van der Waals surface area contributed by atoms with Gasteiger partial charge in [-0.15, -0.1) is 0 Å². The normalized spacial score (nSPS) is 16.8. The highest BCUT2D eigenvalue weighted by Crippen LogP contribution is 2.19. The summed E-state index contributed by atoms with van der Waals surface area (Å²) in [6, 6.07) is 5.98. The number of hydrogen-bond acceptors (Lipinski definition) is 5. The molecule has 6 nitrogen and oxygen atoms in total. The van der Waals surface area contributed by atoms with Crippen LogP contribution in [-0.2, 0) is 4.74 Å². The van der Waals surface area contributed by atoms with Gasteiger partial charge in [0.05, 0.1) is 19.4 Å². The van der Waals surface area contributed by atoms with Gasteiger partial charge in [-0.05, 0) is 25.5 Å². The molecule has 0 unspecified atom stereocenters. The molecular weight excluding hydrogens is 313 g/mol. The number of aromatic nitrogens is 2. The number of carbonyl (C=O) groups is 1. The molecule has 0 aliphatic carbocycles. The maximum atomic E-state index is 12.9. The summed E-state index contributed by atoms with van der Waals surface area (Å²) in [6.45, 7) is 3.80. The molecule has 1 amide bonds. The highest BCUT2D eigenvalue weighted by molar-refractivity contribution is 6.02. The Balaban J connectivity index is 1.67. The fourth-order valence-corrected chi connectivity index (χ4v) is 2.40. The average Bonchev–Trinajstić information content (AvgIpc) is 3.08. The van der Waals surface area contributed by atoms with Crippen molar-refractivity contribution in [3.05, 3.63) is 47.7 Å². The minimum Gasteiger partial charge on any atom is -0.493 e. The van der Waals surface area contributed by atoms with Crippen LogP contribution < -0.4 is 10.1 Å². The van der Waals surface area contributed by atoms with E-state index in [1.807, 2.05) is 0 Å². The smallest absolute Gasteiger partial charge is 0.275 e. The maximum Gasteiger partial charge on any atom is 0.275 e. The van der Waals surface area contributed by atoms with E-state index in [2.05, 4.69) is 15.3 Å². The van der Waals surface area contributed by atoms with Crippen LogP contribution >= 0.6 is 0 Å². The number of nitrogens with zero attached hydrogens (tertiary/aromatic N) is 2. The van der Waals surface area contributed by atoms with Crippen LogP contribution in [0.3, 0.4) is 0 Å². The molecule has 1 aliphatic heterocycles. The van der Waals surface area contributed by atoms with E-state index in [0.717, 1.165) is 19.2 Å². The summed E-state index contributed by atoms with van der Waals surface area (Å²) in [5.41, 5.74) is 0.895. The molecule has 2 aromatic rings. The van der Waals surface area contributed by atoms with Crippen molar-refractivity contribution >= 4 is 11.7 Å². The molecule has 3 heterocycles. The number of ether oxygens (including phenoxy) is 2. The van der Waals surface area contributed by atoms with Crippen LogP contribution in [0.2, 0.25) is 0 Å². The predicted molar refractivity (Wildman–Crippen MR) is 85.5 cm³/mol. The van der Waals surface area contributed by atoms with Gasteiger partial charge in [-0.1, -0.05) is 0 Å². The Bertz CT molecular complexity index is 716. The Kier molecular flexibility index (Phi) is 5.00. The van der Waals surface area contributed by atoms with Crippen LogP contribution in [0.15, 0.2) is 30.5 Å². The van der Waals surface area contributed by atoms with Crippen molar-refractivity contribution in [1.29, 1.82) is 0 Å². The van der Waals surface area contributed by atoms with Gasteiger partial charge < -0.3 is 14.8 Å². The van der Waals surface area contributed by atoms with Gasteiger partial charge in [0, 0.05) is 30.4 Å². The second-order valence-corrected chi connectivity index (χ2v) is 5.69. The van der Waals surface area contributed by atoms with Crippen LogP contribution in [0, 0.1) is 18.7 Å². The summed E-state index contributed by atoms with van der Waals surface area (Å²) >= 11 is 0. The van der Waals surface area contributed by atoms with E-state index in [9.17, 15) is 9.18 Å². The van der Waals surface area contributed by atoms with Crippen molar-refractivity contribution in [2.45, 2.75) is 13.3 Å². The van der Waals surface area contributed by atoms with Crippen molar-refractivity contribution in [3.8, 4) is 5.75 Å². The van der Waals surface area contributed by atoms with Crippen LogP contribution in [0.25, 0.3) is 0 Å². The fraction of sp³-hybridized carbons (Fsp3) is 0.353. The molecule has 1 atom stereocenters. The lowest BCUT2D eigenvalue weighted by Gasteiger charge is -2.12. The van der Waals surface area contributed by atoms with Gasteiger partial charge in [0.2, 0.25) is 0 Å². The van der Waals surface area contributed by atoms with E-state index in [4.69, 9.17) is 9.47 Å². The van der Waals surface area contributed by atoms with E-state index in [0.29, 0.717) is 30.6 Å². The molecule has 1 saturated heterocycles. The molecule has 0 spiro atoms. The van der Waals surface area contributed by atoms with Crippen molar-refractivity contribution < 1.29 is 18.7 Å². The Morgan fingerprint density at radius 1 is 1.46 bits per heavy atom. The Labute approximate surface area is 139 Å². The molecule has 0 saturated carbocycles. The minimum atomic E-state index is -0.465. The third kappa shape index (κ3) is 4.26. The number of rotatable bonds is 5. The Morgan fingerprint density at radius 2 is 2.33 bits per heavy atom. The quantitative estimate of drug-likeness (QED) is 0.911. The summed E-state index contributed by atoms with van der Waals surface area (Å²) in [5.74, 6) is 0.334. The monoisotopic (exact) mass is 331 g/mol. The van der Waals surface area contributed by atoms with Gasteiger partial charge in [-0.3, -0.25) is 4.79 Å². The Morgan fingerprint density at radius 3 is 3.04 bits per heavy atom. The average molecular weight is 331 g/mol. The zero-order valence-electron chi connectivity index (χ0n) is 13.3. The molecule has 1 aliphatic rings. The lowest BCUT2D eigenvalue weighted by Crippen LogP contribution is -2.16. The van der Waals surface area contributed by atoms with Gasteiger partial charge >= 0.3 is 0 Å². The lowest BCUT2D eigenvalue weighted by atomic mass is 10.1. The highest BCUT2D eigenvalue weighted by atomic mass is 19.1. The first-order valence-electron chi connectivity index (χ1n) is 7.72. The summed E-state index contributed by atoms with van der Waals surface area (Å²) < 4.78 is 23.9. The second-order valence-electron chi connectivity index (χ2n) is 5.69. The molecule has 3 rings (SSSR count). The Hall–Kier alpha value is -2.54. The fourth-order valence-electron chi connectivity index (χ4n) is 2.40. The second kappa shape index (κ2) is 7.35. The van der Waals surface area contributed by atoms with Gasteiger partial charge in [0.25, 0.3) is 5.91 Å². The number of pyridine rings is 2. The molecule has 0 aromatic carbocycles. The number of amides is 1. The molecule has 2 aromatic heterocycles. The number of aryl methyl sites for hydroxylation is 1. The van der Waals surface area contributed by atoms with Crippen molar-refractivity contribution in [2.75, 3.05) is 25.1 Å². The summed E-state index contributed by atoms with van der Waals surface area (Å²) in [5, 5.41) is 2.58. The maximum absolute atomic E-state index is 12.9. The molecule has 1 fully saturated rings. The SMILES string of the molecule is Cc1cc(OC[C@H]2CCOC2)cc(C(=O)Nc2ccc(F)cn2)n1. The van der Waals surface area contributed by atoms with Crippen LogP contribution in [0.4, 0.5) is 10.2 Å². The van der Waals surface area contributed by atoms with Crippen LogP contribution in [0.5, 0.6) is 5.75 Å². The minimum absolute atomic E-state index is 0.221. The van der Waals surface area contributed by atoms with E-state index < -0.39 is 11.7 Å². The van der Waals surface area contributed by atoms with E-state index in [-0.39, 0.29) is 11.5 Å². The summed E-state index contributed by atoms with van der Waals surface area (Å²) in [7, 11) is 0. The van der Waals surface area contributed by atoms with Crippen LogP contribution in [0.1, 0.15) is 22.6 Å². The predicted octanol–water partition coefficient (Wildman–Crippen LogP) is 2.59.